The molecule has 3 aromatic rings. The summed E-state index contributed by atoms with van der Waals surface area (Å²) in [5, 5.41) is 8.08. The van der Waals surface area contributed by atoms with Crippen LogP contribution in [0.4, 0.5) is 10.1 Å². The van der Waals surface area contributed by atoms with Crippen molar-refractivity contribution >= 4 is 35.0 Å². The van der Waals surface area contributed by atoms with Gasteiger partial charge in [-0.15, -0.1) is 5.10 Å². The van der Waals surface area contributed by atoms with Crippen molar-refractivity contribution in [2.24, 2.45) is 0 Å². The maximum absolute atomic E-state index is 14.0. The summed E-state index contributed by atoms with van der Waals surface area (Å²) < 4.78 is 19.3. The minimum atomic E-state index is -0.241. The monoisotopic (exact) mass is 461 g/mol. The van der Waals surface area contributed by atoms with Crippen LogP contribution >= 0.6 is 23.4 Å². The van der Waals surface area contributed by atoms with Crippen molar-refractivity contribution in [3.63, 3.8) is 0 Å². The zero-order chi connectivity index (χ0) is 21.8. The highest BCUT2D eigenvalue weighted by Crippen LogP contribution is 2.31. The molecule has 162 valence electrons. The summed E-state index contributed by atoms with van der Waals surface area (Å²) in [6, 6.07) is 11.9. The van der Waals surface area contributed by atoms with Gasteiger partial charge in [0.2, 0.25) is 11.1 Å². The van der Waals surface area contributed by atoms with Crippen LogP contribution in [0.3, 0.4) is 0 Å². The van der Waals surface area contributed by atoms with Crippen molar-refractivity contribution in [1.29, 1.82) is 0 Å². The number of piperazine rings is 1. The van der Waals surface area contributed by atoms with Gasteiger partial charge < -0.3 is 14.5 Å². The topological polar surface area (TPSA) is 74.3 Å². The van der Waals surface area contributed by atoms with E-state index in [9.17, 15) is 9.18 Å². The molecule has 1 aromatic heterocycles. The number of halogens is 2. The zero-order valence-corrected chi connectivity index (χ0v) is 18.4. The number of anilines is 1. The molecule has 4 rings (SSSR count). The number of nitrogens with zero attached hydrogens (tertiary/aromatic N) is 4. The molecule has 2 heterocycles. The number of carbonyl (C=O) groups is 1. The third-order valence-corrected chi connectivity index (χ3v) is 6.10. The van der Waals surface area contributed by atoms with Crippen molar-refractivity contribution < 1.29 is 13.9 Å². The van der Waals surface area contributed by atoms with Crippen LogP contribution in [0.25, 0.3) is 11.4 Å². The Morgan fingerprint density at radius 1 is 1.23 bits per heavy atom. The third-order valence-electron chi connectivity index (χ3n) is 5.03. The number of thioether (sulfide) groups is 1. The molecule has 0 atom stereocenters. The molecule has 1 aliphatic rings. The van der Waals surface area contributed by atoms with E-state index in [4.69, 9.17) is 16.3 Å². The first kappa shape index (κ1) is 21.5. The van der Waals surface area contributed by atoms with E-state index < -0.39 is 0 Å². The normalized spacial score (nSPS) is 14.0. The number of rotatable bonds is 6. The number of amides is 1. The molecular formula is C21H21ClFN5O2S. The van der Waals surface area contributed by atoms with Crippen molar-refractivity contribution in [2.75, 3.05) is 43.9 Å². The number of methoxy groups -OCH3 is 1. The Kier molecular flexibility index (Phi) is 6.62. The number of aromatic nitrogens is 3. The lowest BCUT2D eigenvalue weighted by molar-refractivity contribution is -0.128. The highest BCUT2D eigenvalue weighted by molar-refractivity contribution is 7.99. The molecule has 0 saturated carbocycles. The molecule has 1 aliphatic heterocycles. The Labute approximate surface area is 188 Å². The molecule has 7 nitrogen and oxygen atoms in total. The number of nitrogens with one attached hydrogen (secondary N) is 1. The summed E-state index contributed by atoms with van der Waals surface area (Å²) >= 11 is 7.34. The van der Waals surface area contributed by atoms with Gasteiger partial charge in [0.1, 0.15) is 11.6 Å². The first-order chi connectivity index (χ1) is 15.0. The fourth-order valence-electron chi connectivity index (χ4n) is 3.42. The maximum atomic E-state index is 14.0. The van der Waals surface area contributed by atoms with Gasteiger partial charge in [0.25, 0.3) is 0 Å². The van der Waals surface area contributed by atoms with Gasteiger partial charge >= 0.3 is 0 Å². The fraction of sp³-hybridized carbons (Fsp3) is 0.286. The molecule has 1 N–H and O–H groups in total. The number of H-pyrrole nitrogens is 1. The Bertz CT molecular complexity index is 1070. The molecule has 10 heteroatoms. The van der Waals surface area contributed by atoms with E-state index in [1.807, 2.05) is 11.0 Å². The second kappa shape index (κ2) is 9.57. The van der Waals surface area contributed by atoms with Crippen LogP contribution in [0.1, 0.15) is 0 Å². The predicted molar refractivity (Wildman–Crippen MR) is 119 cm³/mol. The summed E-state index contributed by atoms with van der Waals surface area (Å²) in [5.74, 6) is 1.14. The second-order valence-electron chi connectivity index (χ2n) is 6.92. The lowest BCUT2D eigenvalue weighted by Gasteiger charge is -2.36. The van der Waals surface area contributed by atoms with Crippen molar-refractivity contribution in [2.45, 2.75) is 5.16 Å². The quantitative estimate of drug-likeness (QED) is 0.564. The molecule has 0 radical (unpaired) electrons. The van der Waals surface area contributed by atoms with E-state index in [-0.39, 0.29) is 17.5 Å². The Hall–Kier alpha value is -2.78. The first-order valence-corrected chi connectivity index (χ1v) is 11.1. The number of ether oxygens (including phenoxy) is 1. The third kappa shape index (κ3) is 4.94. The van der Waals surface area contributed by atoms with E-state index in [0.29, 0.717) is 59.2 Å². The van der Waals surface area contributed by atoms with Gasteiger partial charge in [0, 0.05) is 31.2 Å². The SMILES string of the molecule is COc1ccc(Cl)cc1-c1nc(SCC(=O)N2CCN(c3ccccc3F)CC2)n[nH]1. The molecule has 0 aliphatic carbocycles. The van der Waals surface area contributed by atoms with Gasteiger partial charge in [-0.05, 0) is 30.3 Å². The van der Waals surface area contributed by atoms with Crippen molar-refractivity contribution in [3.05, 3.63) is 53.3 Å². The van der Waals surface area contributed by atoms with Gasteiger partial charge in [-0.1, -0.05) is 35.5 Å². The number of aromatic amines is 1. The van der Waals surface area contributed by atoms with Crippen LogP contribution in [-0.4, -0.2) is 65.0 Å². The van der Waals surface area contributed by atoms with Crippen molar-refractivity contribution in [1.82, 2.24) is 20.1 Å². The average molecular weight is 462 g/mol. The highest BCUT2D eigenvalue weighted by atomic mass is 35.5. The molecule has 1 saturated heterocycles. The van der Waals surface area contributed by atoms with Crippen LogP contribution < -0.4 is 9.64 Å². The molecule has 0 unspecified atom stereocenters. The van der Waals surface area contributed by atoms with E-state index in [0.717, 1.165) is 0 Å². The number of hydrogen-bond acceptors (Lipinski definition) is 6. The molecular weight excluding hydrogens is 441 g/mol. The van der Waals surface area contributed by atoms with Gasteiger partial charge in [0.05, 0.1) is 24.1 Å². The van der Waals surface area contributed by atoms with Crippen LogP contribution in [0.15, 0.2) is 47.6 Å². The second-order valence-corrected chi connectivity index (χ2v) is 8.30. The predicted octanol–water partition coefficient (Wildman–Crippen LogP) is 3.71. The average Bonchev–Trinajstić information content (AvgIpc) is 3.27. The Balaban J connectivity index is 1.32. The van der Waals surface area contributed by atoms with E-state index >= 15 is 0 Å². The molecule has 2 aromatic carbocycles. The fourth-order valence-corrected chi connectivity index (χ4v) is 4.29. The smallest absolute Gasteiger partial charge is 0.233 e. The first-order valence-electron chi connectivity index (χ1n) is 9.71. The van der Waals surface area contributed by atoms with Gasteiger partial charge in [-0.25, -0.2) is 9.37 Å². The zero-order valence-electron chi connectivity index (χ0n) is 16.8. The lowest BCUT2D eigenvalue weighted by Crippen LogP contribution is -2.49. The van der Waals surface area contributed by atoms with Gasteiger partial charge in [-0.3, -0.25) is 9.89 Å². The van der Waals surface area contributed by atoms with E-state index in [1.165, 1.54) is 17.8 Å². The minimum Gasteiger partial charge on any atom is -0.496 e. The van der Waals surface area contributed by atoms with Crippen LogP contribution in [0.5, 0.6) is 5.75 Å². The summed E-state index contributed by atoms with van der Waals surface area (Å²) in [5.41, 5.74) is 1.28. The Morgan fingerprint density at radius 2 is 2.00 bits per heavy atom. The molecule has 0 spiro atoms. The van der Waals surface area contributed by atoms with Crippen LogP contribution in [0.2, 0.25) is 5.02 Å². The number of hydrogen-bond donors (Lipinski definition) is 1. The van der Waals surface area contributed by atoms with Crippen molar-refractivity contribution in [3.8, 4) is 17.1 Å². The van der Waals surface area contributed by atoms with Gasteiger partial charge in [-0.2, -0.15) is 0 Å². The lowest BCUT2D eigenvalue weighted by atomic mass is 10.2. The standard InChI is InChI=1S/C21H21ClFN5O2S/c1-30-18-7-6-14(22)12-15(18)20-24-21(26-25-20)31-13-19(29)28-10-8-27(9-11-28)17-5-3-2-4-16(17)23/h2-7,12H,8-11,13H2,1H3,(H,24,25,26). The molecule has 0 bridgehead atoms. The molecule has 31 heavy (non-hydrogen) atoms. The van der Waals surface area contributed by atoms with Crippen LogP contribution in [-0.2, 0) is 4.79 Å². The van der Waals surface area contributed by atoms with Gasteiger partial charge in [0.15, 0.2) is 5.82 Å². The van der Waals surface area contributed by atoms with E-state index in [1.54, 1.807) is 42.3 Å². The highest BCUT2D eigenvalue weighted by Gasteiger charge is 2.23. The summed E-state index contributed by atoms with van der Waals surface area (Å²) in [6.45, 7) is 2.28. The van der Waals surface area contributed by atoms with Crippen LogP contribution in [0, 0.1) is 5.82 Å². The number of benzene rings is 2. The number of para-hydroxylation sites is 1. The Morgan fingerprint density at radius 3 is 2.74 bits per heavy atom. The summed E-state index contributed by atoms with van der Waals surface area (Å²) in [4.78, 5) is 20.8. The molecule has 1 amide bonds. The van der Waals surface area contributed by atoms with E-state index in [2.05, 4.69) is 15.2 Å². The largest absolute Gasteiger partial charge is 0.496 e. The summed E-state index contributed by atoms with van der Waals surface area (Å²) in [6.07, 6.45) is 0. The maximum Gasteiger partial charge on any atom is 0.233 e. The minimum absolute atomic E-state index is 0.00451. The number of carbonyl (C=O) groups excluding carboxylic acids is 1. The summed E-state index contributed by atoms with van der Waals surface area (Å²) in [7, 11) is 1.57. The molecule has 1 fully saturated rings.